The Morgan fingerprint density at radius 1 is 1.15 bits per heavy atom. The Kier molecular flexibility index (Phi) is 8.39. The molecule has 0 bridgehead atoms. The summed E-state index contributed by atoms with van der Waals surface area (Å²) in [5, 5.41) is 2.77. The first-order chi connectivity index (χ1) is 18.1. The zero-order chi connectivity index (χ0) is 28.6. The Morgan fingerprint density at radius 3 is 2.38 bits per heavy atom. The van der Waals surface area contributed by atoms with Crippen molar-refractivity contribution in [3.63, 3.8) is 0 Å². The van der Waals surface area contributed by atoms with E-state index < -0.39 is 33.9 Å². The highest BCUT2D eigenvalue weighted by molar-refractivity contribution is 7.90. The van der Waals surface area contributed by atoms with Crippen molar-refractivity contribution in [3.05, 3.63) is 24.0 Å². The van der Waals surface area contributed by atoms with Crippen LogP contribution in [0.4, 0.5) is 23.7 Å². The van der Waals surface area contributed by atoms with Crippen molar-refractivity contribution in [3.8, 4) is 0 Å². The van der Waals surface area contributed by atoms with E-state index in [0.29, 0.717) is 44.4 Å². The van der Waals surface area contributed by atoms with Gasteiger partial charge in [-0.3, -0.25) is 4.31 Å². The standard InChI is InChI=1S/C25H36F3N5O5S/c1-24(2,3)38-23(34)29-18-7-11-32(12-8-18)39(35,36)31(4)19-5-6-21-20(15-19)30-22(25(26,27)28)33(21)16-17-9-13-37-14-10-17/h5-6,15,17-18H,7-14,16H2,1-4H3,(H,29,34). The molecule has 0 aliphatic carbocycles. The molecular formula is C25H36F3N5O5S. The van der Waals surface area contributed by atoms with Crippen LogP contribution in [0.1, 0.15) is 52.3 Å². The second kappa shape index (κ2) is 11.1. The van der Waals surface area contributed by atoms with Crippen LogP contribution in [0.5, 0.6) is 0 Å². The highest BCUT2D eigenvalue weighted by atomic mass is 32.2. The second-order valence-corrected chi connectivity index (χ2v) is 13.0. The fourth-order valence-corrected chi connectivity index (χ4v) is 6.31. The smallest absolute Gasteiger partial charge is 0.444 e. The van der Waals surface area contributed by atoms with Crippen LogP contribution in [0.25, 0.3) is 11.0 Å². The minimum absolute atomic E-state index is 0.0349. The number of alkyl halides is 3. The van der Waals surface area contributed by atoms with Crippen molar-refractivity contribution in [1.82, 2.24) is 19.2 Å². The third-order valence-corrected chi connectivity index (χ3v) is 8.90. The number of piperidine rings is 1. The number of aromatic nitrogens is 2. The number of rotatable bonds is 6. The fraction of sp³-hybridized carbons (Fsp3) is 0.680. The molecule has 2 aromatic rings. The van der Waals surface area contributed by atoms with Crippen LogP contribution in [0, 0.1) is 5.92 Å². The van der Waals surface area contributed by atoms with Gasteiger partial charge in [0.1, 0.15) is 5.60 Å². The van der Waals surface area contributed by atoms with E-state index in [2.05, 4.69) is 10.3 Å². The Hall–Kier alpha value is -2.58. The number of carbonyl (C=O) groups is 1. The number of carbonyl (C=O) groups excluding carboxylic acids is 1. The van der Waals surface area contributed by atoms with Gasteiger partial charge in [0.25, 0.3) is 0 Å². The molecule has 2 fully saturated rings. The number of alkyl carbamates (subject to hydrolysis) is 1. The summed E-state index contributed by atoms with van der Waals surface area (Å²) in [6, 6.07) is 4.14. The molecule has 4 rings (SSSR count). The highest BCUT2D eigenvalue weighted by Crippen LogP contribution is 2.35. The summed E-state index contributed by atoms with van der Waals surface area (Å²) in [6.07, 6.45) is -3.07. The molecule has 218 valence electrons. The summed E-state index contributed by atoms with van der Waals surface area (Å²) in [4.78, 5) is 15.9. The number of halogens is 3. The molecule has 0 spiro atoms. The predicted octanol–water partition coefficient (Wildman–Crippen LogP) is 4.15. The summed E-state index contributed by atoms with van der Waals surface area (Å²) in [7, 11) is -2.60. The zero-order valence-corrected chi connectivity index (χ0v) is 23.4. The molecule has 1 N–H and O–H groups in total. The van der Waals surface area contributed by atoms with Crippen molar-refractivity contribution in [2.24, 2.45) is 5.92 Å². The number of nitrogens with zero attached hydrogens (tertiary/aromatic N) is 4. The van der Waals surface area contributed by atoms with Gasteiger partial charge in [-0.2, -0.15) is 25.9 Å². The van der Waals surface area contributed by atoms with Gasteiger partial charge >= 0.3 is 22.5 Å². The molecule has 2 saturated heterocycles. The van der Waals surface area contributed by atoms with E-state index in [1.807, 2.05) is 0 Å². The molecule has 2 aliphatic heterocycles. The van der Waals surface area contributed by atoms with E-state index in [9.17, 15) is 26.4 Å². The lowest BCUT2D eigenvalue weighted by atomic mass is 10.0. The van der Waals surface area contributed by atoms with Crippen LogP contribution in [-0.2, 0) is 32.4 Å². The molecule has 0 radical (unpaired) electrons. The number of ether oxygens (including phenoxy) is 2. The summed E-state index contributed by atoms with van der Waals surface area (Å²) < 4.78 is 82.5. The van der Waals surface area contributed by atoms with Crippen LogP contribution in [0.15, 0.2) is 18.2 Å². The van der Waals surface area contributed by atoms with Gasteiger partial charge < -0.3 is 19.4 Å². The lowest BCUT2D eigenvalue weighted by molar-refractivity contribution is -0.147. The Labute approximate surface area is 226 Å². The number of imidazole rings is 1. The molecule has 1 amide bonds. The predicted molar refractivity (Wildman–Crippen MR) is 140 cm³/mol. The average molecular weight is 576 g/mol. The molecule has 39 heavy (non-hydrogen) atoms. The van der Waals surface area contributed by atoms with Gasteiger partial charge in [0.15, 0.2) is 0 Å². The summed E-state index contributed by atoms with van der Waals surface area (Å²) >= 11 is 0. The minimum atomic E-state index is -4.65. The lowest BCUT2D eigenvalue weighted by Crippen LogP contribution is -2.50. The largest absolute Gasteiger partial charge is 0.449 e. The fourth-order valence-electron chi connectivity index (χ4n) is 4.91. The number of hydrogen-bond donors (Lipinski definition) is 1. The molecule has 14 heteroatoms. The maximum absolute atomic E-state index is 13.9. The summed E-state index contributed by atoms with van der Waals surface area (Å²) in [5.74, 6) is -0.959. The SMILES string of the molecule is CN(c1ccc2c(c1)nc(C(F)(F)F)n2CC1CCOCC1)S(=O)(=O)N1CCC(NC(=O)OC(C)(C)C)CC1. The van der Waals surface area contributed by atoms with Crippen molar-refractivity contribution in [2.45, 2.75) is 70.8 Å². The Bertz CT molecular complexity index is 1280. The first kappa shape index (κ1) is 29.4. The third kappa shape index (κ3) is 6.95. The molecular weight excluding hydrogens is 539 g/mol. The summed E-state index contributed by atoms with van der Waals surface area (Å²) in [5.41, 5.74) is -0.0491. The number of amides is 1. The number of fused-ring (bicyclic) bond motifs is 1. The third-order valence-electron chi connectivity index (χ3n) is 6.98. The summed E-state index contributed by atoms with van der Waals surface area (Å²) in [6.45, 7) is 6.81. The van der Waals surface area contributed by atoms with Gasteiger partial charge in [-0.25, -0.2) is 9.78 Å². The Balaban J connectivity index is 1.49. The monoisotopic (exact) mass is 575 g/mol. The maximum Gasteiger partial charge on any atom is 0.449 e. The van der Waals surface area contributed by atoms with Gasteiger partial charge in [0.05, 0.1) is 16.7 Å². The molecule has 0 atom stereocenters. The van der Waals surface area contributed by atoms with Gasteiger partial charge in [-0.05, 0) is 70.6 Å². The number of hydrogen-bond acceptors (Lipinski definition) is 6. The van der Waals surface area contributed by atoms with Gasteiger partial charge in [-0.1, -0.05) is 0 Å². The number of benzene rings is 1. The van der Waals surface area contributed by atoms with Crippen LogP contribution >= 0.6 is 0 Å². The molecule has 10 nitrogen and oxygen atoms in total. The maximum atomic E-state index is 13.9. The average Bonchev–Trinajstić information content (AvgIpc) is 3.21. The van der Waals surface area contributed by atoms with Crippen LogP contribution in [-0.4, -0.2) is 73.4 Å². The van der Waals surface area contributed by atoms with Gasteiger partial charge in [0, 0.05) is 45.9 Å². The van der Waals surface area contributed by atoms with Crippen molar-refractivity contribution in [1.29, 1.82) is 0 Å². The first-order valence-electron chi connectivity index (χ1n) is 13.0. The van der Waals surface area contributed by atoms with Crippen molar-refractivity contribution >= 4 is 33.0 Å². The molecule has 0 saturated carbocycles. The van der Waals surface area contributed by atoms with E-state index in [1.165, 1.54) is 34.1 Å². The van der Waals surface area contributed by atoms with Crippen molar-refractivity contribution < 1.29 is 35.9 Å². The molecule has 3 heterocycles. The molecule has 2 aliphatic rings. The molecule has 1 aromatic heterocycles. The topological polar surface area (TPSA) is 106 Å². The van der Waals surface area contributed by atoms with E-state index in [0.717, 1.165) is 4.31 Å². The number of anilines is 1. The highest BCUT2D eigenvalue weighted by Gasteiger charge is 2.39. The van der Waals surface area contributed by atoms with Crippen molar-refractivity contribution in [2.75, 3.05) is 37.7 Å². The lowest BCUT2D eigenvalue weighted by Gasteiger charge is -2.34. The van der Waals surface area contributed by atoms with E-state index in [4.69, 9.17) is 9.47 Å². The first-order valence-corrected chi connectivity index (χ1v) is 14.4. The Morgan fingerprint density at radius 2 is 1.79 bits per heavy atom. The van der Waals surface area contributed by atoms with Gasteiger partial charge in [0.2, 0.25) is 5.82 Å². The van der Waals surface area contributed by atoms with Crippen LogP contribution in [0.2, 0.25) is 0 Å². The quantitative estimate of drug-likeness (QED) is 0.555. The van der Waals surface area contributed by atoms with Crippen LogP contribution in [0.3, 0.4) is 0 Å². The van der Waals surface area contributed by atoms with E-state index >= 15 is 0 Å². The molecule has 1 aromatic carbocycles. The number of nitrogens with one attached hydrogen (secondary N) is 1. The zero-order valence-electron chi connectivity index (χ0n) is 22.6. The minimum Gasteiger partial charge on any atom is -0.444 e. The van der Waals surface area contributed by atoms with E-state index in [1.54, 1.807) is 20.8 Å². The van der Waals surface area contributed by atoms with Gasteiger partial charge in [-0.15, -0.1) is 0 Å². The normalized spacial score (nSPS) is 18.8. The molecule has 0 unspecified atom stereocenters. The second-order valence-electron chi connectivity index (χ2n) is 11.1. The van der Waals surface area contributed by atoms with E-state index in [-0.39, 0.29) is 42.8 Å². The van der Waals surface area contributed by atoms with Crippen LogP contribution < -0.4 is 9.62 Å².